The molecule has 0 bridgehead atoms. The standard InChI is InChI=1S/C19H26N4O4S/c1-3-5-15-14-18(21-20-15)19(24)22-10-12-23(13-11-22)28(25,26)17-8-6-16(7-9-17)27-4-2/h6-9,14H,3-5,10-13H2,1-2H3,(H,20,21). The van der Waals surface area contributed by atoms with Crippen molar-refractivity contribution in [3.8, 4) is 5.75 Å². The fourth-order valence-electron chi connectivity index (χ4n) is 3.19. The van der Waals surface area contributed by atoms with E-state index < -0.39 is 10.0 Å². The van der Waals surface area contributed by atoms with Gasteiger partial charge < -0.3 is 9.64 Å². The van der Waals surface area contributed by atoms with Crippen molar-refractivity contribution in [2.45, 2.75) is 31.6 Å². The summed E-state index contributed by atoms with van der Waals surface area (Å²) in [6.07, 6.45) is 1.81. The van der Waals surface area contributed by atoms with Gasteiger partial charge in [0.25, 0.3) is 5.91 Å². The summed E-state index contributed by atoms with van der Waals surface area (Å²) in [6.45, 7) is 5.65. The summed E-state index contributed by atoms with van der Waals surface area (Å²) in [7, 11) is -3.59. The number of carbonyl (C=O) groups is 1. The molecule has 0 unspecified atom stereocenters. The lowest BCUT2D eigenvalue weighted by atomic mass is 10.2. The van der Waals surface area contributed by atoms with Crippen molar-refractivity contribution < 1.29 is 17.9 Å². The van der Waals surface area contributed by atoms with Crippen molar-refractivity contribution in [1.29, 1.82) is 0 Å². The van der Waals surface area contributed by atoms with Crippen LogP contribution in [0.5, 0.6) is 5.75 Å². The van der Waals surface area contributed by atoms with Gasteiger partial charge in [-0.3, -0.25) is 9.89 Å². The van der Waals surface area contributed by atoms with E-state index in [4.69, 9.17) is 4.74 Å². The molecule has 0 aliphatic carbocycles. The molecule has 1 fully saturated rings. The van der Waals surface area contributed by atoms with E-state index in [1.807, 2.05) is 6.92 Å². The zero-order valence-electron chi connectivity index (χ0n) is 16.2. The molecule has 1 aliphatic rings. The average molecular weight is 407 g/mol. The molecule has 1 N–H and O–H groups in total. The molecule has 1 amide bonds. The molecule has 0 radical (unpaired) electrons. The maximum atomic E-state index is 12.8. The average Bonchev–Trinajstić information content (AvgIpc) is 3.17. The molecular weight excluding hydrogens is 380 g/mol. The highest BCUT2D eigenvalue weighted by atomic mass is 32.2. The lowest BCUT2D eigenvalue weighted by Gasteiger charge is -2.33. The van der Waals surface area contributed by atoms with Crippen LogP contribution in [-0.4, -0.2) is 66.5 Å². The van der Waals surface area contributed by atoms with E-state index in [0.717, 1.165) is 18.5 Å². The molecule has 28 heavy (non-hydrogen) atoms. The first-order valence-electron chi connectivity index (χ1n) is 9.52. The van der Waals surface area contributed by atoms with Crippen LogP contribution in [0.1, 0.15) is 36.5 Å². The second-order valence-electron chi connectivity index (χ2n) is 6.63. The Morgan fingerprint density at radius 1 is 1.14 bits per heavy atom. The minimum atomic E-state index is -3.59. The van der Waals surface area contributed by atoms with E-state index in [9.17, 15) is 13.2 Å². The molecule has 2 aromatic rings. The zero-order valence-corrected chi connectivity index (χ0v) is 17.0. The maximum Gasteiger partial charge on any atom is 0.274 e. The first kappa shape index (κ1) is 20.3. The third-order valence-corrected chi connectivity index (χ3v) is 6.58. The molecule has 3 rings (SSSR count). The molecule has 0 saturated carbocycles. The third-order valence-electron chi connectivity index (χ3n) is 4.67. The number of piperazine rings is 1. The Labute approximate surface area is 165 Å². The highest BCUT2D eigenvalue weighted by molar-refractivity contribution is 7.89. The summed E-state index contributed by atoms with van der Waals surface area (Å²) in [4.78, 5) is 14.5. The third kappa shape index (κ3) is 4.36. The second kappa shape index (κ2) is 8.74. The summed E-state index contributed by atoms with van der Waals surface area (Å²) in [5, 5.41) is 6.97. The second-order valence-corrected chi connectivity index (χ2v) is 8.57. The van der Waals surface area contributed by atoms with Crippen molar-refractivity contribution in [2.75, 3.05) is 32.8 Å². The molecule has 1 aromatic carbocycles. The predicted octanol–water partition coefficient (Wildman–Crippen LogP) is 1.91. The minimum Gasteiger partial charge on any atom is -0.494 e. The van der Waals surface area contributed by atoms with Crippen LogP contribution in [0.25, 0.3) is 0 Å². The molecule has 1 aromatic heterocycles. The molecule has 0 spiro atoms. The Morgan fingerprint density at radius 2 is 1.82 bits per heavy atom. The number of ether oxygens (including phenoxy) is 1. The van der Waals surface area contributed by atoms with Crippen LogP contribution < -0.4 is 4.74 Å². The number of H-pyrrole nitrogens is 1. The Kier molecular flexibility index (Phi) is 6.35. The lowest BCUT2D eigenvalue weighted by molar-refractivity contribution is 0.0692. The fourth-order valence-corrected chi connectivity index (χ4v) is 4.61. The maximum absolute atomic E-state index is 12.8. The van der Waals surface area contributed by atoms with Crippen molar-refractivity contribution in [3.63, 3.8) is 0 Å². The molecular formula is C19H26N4O4S. The number of hydrogen-bond acceptors (Lipinski definition) is 5. The number of nitrogens with one attached hydrogen (secondary N) is 1. The van der Waals surface area contributed by atoms with Gasteiger partial charge >= 0.3 is 0 Å². The number of aryl methyl sites for hydroxylation is 1. The van der Waals surface area contributed by atoms with Crippen LogP contribution in [0.4, 0.5) is 0 Å². The summed E-state index contributed by atoms with van der Waals surface area (Å²) >= 11 is 0. The quantitative estimate of drug-likeness (QED) is 0.758. The number of carbonyl (C=O) groups excluding carboxylic acids is 1. The van der Waals surface area contributed by atoms with Crippen molar-refractivity contribution in [2.24, 2.45) is 0 Å². The topological polar surface area (TPSA) is 95.6 Å². The van der Waals surface area contributed by atoms with Gasteiger partial charge in [0.05, 0.1) is 11.5 Å². The SMILES string of the molecule is CCCc1cc(C(=O)N2CCN(S(=O)(=O)c3ccc(OCC)cc3)CC2)n[nH]1. The van der Waals surface area contributed by atoms with Crippen molar-refractivity contribution in [1.82, 2.24) is 19.4 Å². The van der Waals surface area contributed by atoms with Gasteiger partial charge in [-0.25, -0.2) is 8.42 Å². The molecule has 2 heterocycles. The smallest absolute Gasteiger partial charge is 0.274 e. The van der Waals surface area contributed by atoms with Crippen molar-refractivity contribution in [3.05, 3.63) is 41.7 Å². The van der Waals surface area contributed by atoms with E-state index in [2.05, 4.69) is 17.1 Å². The van der Waals surface area contributed by atoms with E-state index in [-0.39, 0.29) is 23.9 Å². The molecule has 1 saturated heterocycles. The lowest BCUT2D eigenvalue weighted by Crippen LogP contribution is -2.50. The predicted molar refractivity (Wildman–Crippen MR) is 105 cm³/mol. The van der Waals surface area contributed by atoms with E-state index in [1.165, 1.54) is 4.31 Å². The summed E-state index contributed by atoms with van der Waals surface area (Å²) < 4.78 is 32.5. The number of aromatic amines is 1. The Morgan fingerprint density at radius 3 is 2.43 bits per heavy atom. The highest BCUT2D eigenvalue weighted by Crippen LogP contribution is 2.21. The molecule has 9 heteroatoms. The molecule has 0 atom stereocenters. The Bertz CT molecular complexity index is 900. The first-order chi connectivity index (χ1) is 13.5. The van der Waals surface area contributed by atoms with Gasteiger partial charge in [0.1, 0.15) is 11.4 Å². The van der Waals surface area contributed by atoms with Gasteiger partial charge in [-0.1, -0.05) is 13.3 Å². The largest absolute Gasteiger partial charge is 0.494 e. The Balaban J connectivity index is 1.62. The van der Waals surface area contributed by atoms with Gasteiger partial charge in [-0.05, 0) is 43.7 Å². The number of amides is 1. The van der Waals surface area contributed by atoms with Crippen LogP contribution in [0.3, 0.4) is 0 Å². The van der Waals surface area contributed by atoms with Crippen LogP contribution in [0.15, 0.2) is 35.2 Å². The zero-order chi connectivity index (χ0) is 20.1. The number of rotatable bonds is 7. The highest BCUT2D eigenvalue weighted by Gasteiger charge is 2.31. The number of nitrogens with zero attached hydrogens (tertiary/aromatic N) is 3. The molecule has 8 nitrogen and oxygen atoms in total. The number of sulfonamides is 1. The molecule has 1 aliphatic heterocycles. The van der Waals surface area contributed by atoms with Crippen molar-refractivity contribution >= 4 is 15.9 Å². The van der Waals surface area contributed by atoms with Gasteiger partial charge in [0, 0.05) is 31.9 Å². The van der Waals surface area contributed by atoms with Crippen LogP contribution >= 0.6 is 0 Å². The Hall–Kier alpha value is -2.39. The fraction of sp³-hybridized carbons (Fsp3) is 0.474. The van der Waals surface area contributed by atoms with Gasteiger partial charge in [0.2, 0.25) is 10.0 Å². The van der Waals surface area contributed by atoms with Crippen LogP contribution in [0.2, 0.25) is 0 Å². The minimum absolute atomic E-state index is 0.170. The molecule has 152 valence electrons. The van der Waals surface area contributed by atoms with Gasteiger partial charge in [-0.2, -0.15) is 9.40 Å². The normalized spacial score (nSPS) is 15.6. The first-order valence-corrected chi connectivity index (χ1v) is 11.0. The summed E-state index contributed by atoms with van der Waals surface area (Å²) in [5.41, 5.74) is 1.31. The van der Waals surface area contributed by atoms with Gasteiger partial charge in [0.15, 0.2) is 0 Å². The van der Waals surface area contributed by atoms with Crippen LogP contribution in [-0.2, 0) is 16.4 Å². The monoisotopic (exact) mass is 406 g/mol. The van der Waals surface area contributed by atoms with Crippen LogP contribution in [0, 0.1) is 0 Å². The summed E-state index contributed by atoms with van der Waals surface area (Å²) in [6, 6.07) is 8.19. The summed E-state index contributed by atoms with van der Waals surface area (Å²) in [5.74, 6) is 0.468. The number of aromatic nitrogens is 2. The van der Waals surface area contributed by atoms with Gasteiger partial charge in [-0.15, -0.1) is 0 Å². The van der Waals surface area contributed by atoms with E-state index in [0.29, 0.717) is 31.1 Å². The van der Waals surface area contributed by atoms with E-state index in [1.54, 1.807) is 35.2 Å². The van der Waals surface area contributed by atoms with E-state index >= 15 is 0 Å². The number of benzene rings is 1. The number of hydrogen-bond donors (Lipinski definition) is 1.